The Bertz CT molecular complexity index is 1180. The van der Waals surface area contributed by atoms with Crippen LogP contribution in [-0.2, 0) is 0 Å². The lowest BCUT2D eigenvalue weighted by atomic mass is 9.74. The highest BCUT2D eigenvalue weighted by atomic mass is 19.2. The Hall–Kier alpha value is -2.60. The molecule has 0 radical (unpaired) electrons. The van der Waals surface area contributed by atoms with Crippen molar-refractivity contribution >= 4 is 6.08 Å². The Morgan fingerprint density at radius 3 is 2.05 bits per heavy atom. The molecule has 2 aliphatic rings. The summed E-state index contributed by atoms with van der Waals surface area (Å²) in [6.45, 7) is 5.98. The van der Waals surface area contributed by atoms with Crippen LogP contribution in [0.25, 0.3) is 6.08 Å². The molecule has 2 aromatic rings. The summed E-state index contributed by atoms with van der Waals surface area (Å²) in [7, 11) is 0. The van der Waals surface area contributed by atoms with Gasteiger partial charge in [0.25, 0.3) is 0 Å². The van der Waals surface area contributed by atoms with E-state index in [1.54, 1.807) is 24.3 Å². The van der Waals surface area contributed by atoms with Crippen LogP contribution in [0.5, 0.6) is 5.75 Å². The molecule has 0 spiro atoms. The summed E-state index contributed by atoms with van der Waals surface area (Å²) >= 11 is 0. The standard InChI is InChI=1S/C35H44F4O2/c1-3-5-6-22-41-31-21-18-27(32(36)35(31)39)13-10-23-8-11-24(12-9-23)28-19-20-29(34(38)33(28)37)25-14-16-26(17-15-25)30(40)7-4-2/h3,10,13,18-21,23-26,30,40H,1,4-9,11-12,14-17,22H2,2H3/b13-10+. The van der Waals surface area contributed by atoms with E-state index in [-0.39, 0.29) is 41.1 Å². The molecule has 2 aliphatic carbocycles. The number of halogens is 4. The third kappa shape index (κ3) is 7.82. The maximum Gasteiger partial charge on any atom is 0.201 e. The van der Waals surface area contributed by atoms with Gasteiger partial charge in [-0.3, -0.25) is 0 Å². The van der Waals surface area contributed by atoms with Gasteiger partial charge in [0.15, 0.2) is 23.2 Å². The summed E-state index contributed by atoms with van der Waals surface area (Å²) in [5.74, 6) is -3.10. The molecule has 1 unspecified atom stereocenters. The highest BCUT2D eigenvalue weighted by Gasteiger charge is 2.31. The minimum atomic E-state index is -0.988. The van der Waals surface area contributed by atoms with Crippen LogP contribution in [0.1, 0.15) is 112 Å². The first-order valence-corrected chi connectivity index (χ1v) is 15.4. The van der Waals surface area contributed by atoms with Crippen molar-refractivity contribution in [2.75, 3.05) is 6.61 Å². The first kappa shape index (κ1) is 31.3. The van der Waals surface area contributed by atoms with Crippen LogP contribution in [0, 0.1) is 35.1 Å². The molecular weight excluding hydrogens is 528 g/mol. The fraction of sp³-hybridized carbons (Fsp3) is 0.543. The highest BCUT2D eigenvalue weighted by Crippen LogP contribution is 2.42. The maximum atomic E-state index is 15.3. The lowest BCUT2D eigenvalue weighted by Crippen LogP contribution is -2.25. The number of ether oxygens (including phenoxy) is 1. The molecule has 2 saturated carbocycles. The van der Waals surface area contributed by atoms with Crippen LogP contribution >= 0.6 is 0 Å². The Kier molecular flexibility index (Phi) is 11.5. The lowest BCUT2D eigenvalue weighted by molar-refractivity contribution is 0.0727. The smallest absolute Gasteiger partial charge is 0.201 e. The minimum Gasteiger partial charge on any atom is -0.490 e. The van der Waals surface area contributed by atoms with Gasteiger partial charge < -0.3 is 9.84 Å². The van der Waals surface area contributed by atoms with Crippen molar-refractivity contribution in [3.05, 3.63) is 83.0 Å². The van der Waals surface area contributed by atoms with Gasteiger partial charge in [-0.05, 0) is 118 Å². The van der Waals surface area contributed by atoms with E-state index in [4.69, 9.17) is 4.74 Å². The largest absolute Gasteiger partial charge is 0.490 e. The van der Waals surface area contributed by atoms with Crippen LogP contribution in [0.3, 0.4) is 0 Å². The van der Waals surface area contributed by atoms with Crippen molar-refractivity contribution in [1.82, 2.24) is 0 Å². The zero-order chi connectivity index (χ0) is 29.4. The molecule has 0 heterocycles. The molecule has 41 heavy (non-hydrogen) atoms. The van der Waals surface area contributed by atoms with Crippen LogP contribution in [0.4, 0.5) is 17.6 Å². The Balaban J connectivity index is 1.32. The first-order chi connectivity index (χ1) is 19.8. The number of allylic oxidation sites excluding steroid dienone is 2. The number of rotatable bonds is 12. The fourth-order valence-corrected chi connectivity index (χ4v) is 6.62. The zero-order valence-electron chi connectivity index (χ0n) is 24.2. The van der Waals surface area contributed by atoms with Crippen molar-refractivity contribution in [2.45, 2.75) is 102 Å². The number of benzene rings is 2. The molecule has 1 atom stereocenters. The molecule has 0 saturated heterocycles. The normalized spacial score (nSPS) is 24.0. The van der Waals surface area contributed by atoms with Crippen molar-refractivity contribution < 1.29 is 27.4 Å². The second-order valence-corrected chi connectivity index (χ2v) is 11.9. The van der Waals surface area contributed by atoms with Crippen molar-refractivity contribution in [2.24, 2.45) is 11.8 Å². The average Bonchev–Trinajstić information content (AvgIpc) is 2.99. The summed E-state index contributed by atoms with van der Waals surface area (Å²) in [6.07, 6.45) is 14.3. The topological polar surface area (TPSA) is 29.5 Å². The summed E-state index contributed by atoms with van der Waals surface area (Å²) in [4.78, 5) is 0. The van der Waals surface area contributed by atoms with Gasteiger partial charge in [-0.2, -0.15) is 4.39 Å². The molecule has 0 aliphatic heterocycles. The molecule has 4 rings (SSSR count). The van der Waals surface area contributed by atoms with E-state index in [9.17, 15) is 13.9 Å². The van der Waals surface area contributed by atoms with Crippen molar-refractivity contribution in [1.29, 1.82) is 0 Å². The van der Waals surface area contributed by atoms with Crippen LogP contribution in [0.2, 0.25) is 0 Å². The van der Waals surface area contributed by atoms with Gasteiger partial charge in [-0.1, -0.05) is 43.7 Å². The predicted octanol–water partition coefficient (Wildman–Crippen LogP) is 10.0. The Labute approximate surface area is 242 Å². The van der Waals surface area contributed by atoms with Gasteiger partial charge in [-0.15, -0.1) is 6.58 Å². The maximum absolute atomic E-state index is 15.3. The number of hydrogen-bond acceptors (Lipinski definition) is 2. The summed E-state index contributed by atoms with van der Waals surface area (Å²) in [5.41, 5.74) is 1.08. The fourth-order valence-electron chi connectivity index (χ4n) is 6.62. The van der Waals surface area contributed by atoms with E-state index in [0.717, 1.165) is 57.8 Å². The van der Waals surface area contributed by atoms with E-state index in [0.29, 0.717) is 37.0 Å². The van der Waals surface area contributed by atoms with E-state index < -0.39 is 23.3 Å². The summed E-state index contributed by atoms with van der Waals surface area (Å²) in [5, 5.41) is 10.3. The van der Waals surface area contributed by atoms with Gasteiger partial charge in [0.2, 0.25) is 5.82 Å². The van der Waals surface area contributed by atoms with E-state index in [1.165, 1.54) is 12.1 Å². The number of aliphatic hydroxyl groups is 1. The summed E-state index contributed by atoms with van der Waals surface area (Å²) in [6, 6.07) is 6.51. The SMILES string of the molecule is C=CCCCOc1ccc(/C=C/C2CCC(c3ccc(C4CCC(C(O)CCC)CC4)c(F)c3F)CC2)c(F)c1F. The molecular formula is C35H44F4O2. The number of aliphatic hydroxyl groups excluding tert-OH is 1. The van der Waals surface area contributed by atoms with Crippen LogP contribution in [-0.4, -0.2) is 17.8 Å². The molecule has 2 aromatic carbocycles. The Morgan fingerprint density at radius 2 is 1.46 bits per heavy atom. The Morgan fingerprint density at radius 1 is 0.854 bits per heavy atom. The molecule has 1 N–H and O–H groups in total. The van der Waals surface area contributed by atoms with E-state index in [1.807, 2.05) is 6.08 Å². The second-order valence-electron chi connectivity index (χ2n) is 11.9. The molecule has 6 heteroatoms. The highest BCUT2D eigenvalue weighted by molar-refractivity contribution is 5.52. The van der Waals surface area contributed by atoms with Crippen LogP contribution < -0.4 is 4.74 Å². The molecule has 0 bridgehead atoms. The van der Waals surface area contributed by atoms with Crippen LogP contribution in [0.15, 0.2) is 43.0 Å². The third-order valence-electron chi connectivity index (χ3n) is 9.13. The minimum absolute atomic E-state index is 0.00683. The molecule has 0 amide bonds. The van der Waals surface area contributed by atoms with Gasteiger partial charge in [0.05, 0.1) is 12.7 Å². The quantitative estimate of drug-likeness (QED) is 0.156. The molecule has 2 fully saturated rings. The third-order valence-corrected chi connectivity index (χ3v) is 9.13. The van der Waals surface area contributed by atoms with Crippen molar-refractivity contribution in [3.63, 3.8) is 0 Å². The first-order valence-electron chi connectivity index (χ1n) is 15.4. The lowest BCUT2D eigenvalue weighted by Gasteiger charge is -2.32. The number of hydrogen-bond donors (Lipinski definition) is 1. The number of unbranched alkanes of at least 4 members (excludes halogenated alkanes) is 1. The zero-order valence-corrected chi connectivity index (χ0v) is 24.2. The van der Waals surface area contributed by atoms with E-state index >= 15 is 8.78 Å². The van der Waals surface area contributed by atoms with Crippen molar-refractivity contribution in [3.8, 4) is 5.75 Å². The molecule has 0 aromatic heterocycles. The predicted molar refractivity (Wildman–Crippen MR) is 157 cm³/mol. The van der Waals surface area contributed by atoms with E-state index in [2.05, 4.69) is 13.5 Å². The van der Waals surface area contributed by atoms with Gasteiger partial charge >= 0.3 is 0 Å². The second kappa shape index (κ2) is 15.0. The molecule has 224 valence electrons. The van der Waals surface area contributed by atoms with Gasteiger partial charge in [-0.25, -0.2) is 13.2 Å². The monoisotopic (exact) mass is 572 g/mol. The van der Waals surface area contributed by atoms with Gasteiger partial charge in [0.1, 0.15) is 0 Å². The average molecular weight is 573 g/mol. The molecule has 2 nitrogen and oxygen atoms in total. The van der Waals surface area contributed by atoms with Gasteiger partial charge in [0, 0.05) is 5.56 Å². The summed E-state index contributed by atoms with van der Waals surface area (Å²) < 4.78 is 64.9.